The van der Waals surface area contributed by atoms with E-state index in [1.54, 1.807) is 11.9 Å². The maximum atomic E-state index is 12.5. The van der Waals surface area contributed by atoms with Crippen molar-refractivity contribution in [1.29, 1.82) is 0 Å². The first-order valence-corrected chi connectivity index (χ1v) is 6.54. The van der Waals surface area contributed by atoms with Crippen LogP contribution in [0.2, 0.25) is 0 Å². The zero-order chi connectivity index (χ0) is 15.6. The van der Waals surface area contributed by atoms with E-state index in [9.17, 15) is 9.59 Å². The van der Waals surface area contributed by atoms with Gasteiger partial charge in [-0.1, -0.05) is 20.8 Å². The maximum absolute atomic E-state index is 12.5. The van der Waals surface area contributed by atoms with Gasteiger partial charge in [-0.15, -0.1) is 0 Å². The Kier molecular flexibility index (Phi) is 5.42. The minimum absolute atomic E-state index is 0.0126. The lowest BCUT2D eigenvalue weighted by molar-refractivity contribution is -0.138. The number of carbonyl (C=O) groups is 2. The van der Waals surface area contributed by atoms with Crippen molar-refractivity contribution in [2.75, 3.05) is 13.6 Å². The van der Waals surface area contributed by atoms with Gasteiger partial charge in [-0.3, -0.25) is 4.79 Å². The Bertz CT molecular complexity index is 340. The van der Waals surface area contributed by atoms with Crippen LogP contribution in [0.25, 0.3) is 0 Å². The Morgan fingerprint density at radius 1 is 1.11 bits per heavy atom. The highest BCUT2D eigenvalue weighted by Gasteiger charge is 2.34. The Balaban J connectivity index is 5.16. The van der Waals surface area contributed by atoms with E-state index < -0.39 is 11.5 Å². The van der Waals surface area contributed by atoms with Crippen LogP contribution in [0, 0.1) is 5.41 Å². The maximum Gasteiger partial charge on any atom is 0.323 e. The van der Waals surface area contributed by atoms with E-state index in [2.05, 4.69) is 20.8 Å². The number of aliphatic carboxylic acids is 1. The second-order valence-corrected chi connectivity index (χ2v) is 7.09. The molecular weight excluding hydrogens is 244 g/mol. The van der Waals surface area contributed by atoms with Crippen LogP contribution in [0.15, 0.2) is 0 Å². The first-order valence-electron chi connectivity index (χ1n) is 6.54. The third-order valence-electron chi connectivity index (χ3n) is 3.47. The topological polar surface area (TPSA) is 60.9 Å². The molecule has 5 heteroatoms. The minimum atomic E-state index is -1.000. The molecule has 0 saturated carbocycles. The van der Waals surface area contributed by atoms with Crippen molar-refractivity contribution in [1.82, 2.24) is 9.80 Å². The van der Waals surface area contributed by atoms with Crippen LogP contribution in [0.1, 0.15) is 48.5 Å². The Morgan fingerprint density at radius 2 is 1.53 bits per heavy atom. The number of hydrogen-bond donors (Lipinski definition) is 1. The third-order valence-corrected chi connectivity index (χ3v) is 3.47. The standard InChI is InChI=1S/C14H28N2O3/c1-10(13(2,3)4)15(8)12(19)16(9-11(17)18)14(5,6)7/h10H,9H2,1-8H3,(H,17,18). The molecule has 2 amide bonds. The van der Waals surface area contributed by atoms with Gasteiger partial charge in [-0.05, 0) is 33.1 Å². The Labute approximate surface area is 116 Å². The Morgan fingerprint density at radius 3 is 1.79 bits per heavy atom. The van der Waals surface area contributed by atoms with Gasteiger partial charge in [0, 0.05) is 18.6 Å². The average molecular weight is 272 g/mol. The first-order chi connectivity index (χ1) is 8.28. The van der Waals surface area contributed by atoms with Crippen LogP contribution in [0.4, 0.5) is 4.79 Å². The van der Waals surface area contributed by atoms with E-state index in [1.165, 1.54) is 4.90 Å². The van der Waals surface area contributed by atoms with Gasteiger partial charge in [-0.2, -0.15) is 0 Å². The summed E-state index contributed by atoms with van der Waals surface area (Å²) in [7, 11) is 1.72. The number of urea groups is 1. The van der Waals surface area contributed by atoms with Crippen LogP contribution < -0.4 is 0 Å². The van der Waals surface area contributed by atoms with Crippen LogP contribution >= 0.6 is 0 Å². The average Bonchev–Trinajstić information content (AvgIpc) is 2.19. The lowest BCUT2D eigenvalue weighted by Crippen LogP contribution is -2.56. The summed E-state index contributed by atoms with van der Waals surface area (Å²) in [4.78, 5) is 26.4. The van der Waals surface area contributed by atoms with Crippen molar-refractivity contribution >= 4 is 12.0 Å². The summed E-state index contributed by atoms with van der Waals surface area (Å²) in [5, 5.41) is 8.96. The molecule has 1 N–H and O–H groups in total. The zero-order valence-electron chi connectivity index (χ0n) is 13.4. The molecule has 5 nitrogen and oxygen atoms in total. The smallest absolute Gasteiger partial charge is 0.323 e. The van der Waals surface area contributed by atoms with E-state index in [-0.39, 0.29) is 24.0 Å². The van der Waals surface area contributed by atoms with Gasteiger partial charge in [0.25, 0.3) is 0 Å². The van der Waals surface area contributed by atoms with Crippen molar-refractivity contribution in [3.8, 4) is 0 Å². The number of carboxylic acid groups (broad SMARTS) is 1. The van der Waals surface area contributed by atoms with Gasteiger partial charge in [-0.25, -0.2) is 4.79 Å². The van der Waals surface area contributed by atoms with Gasteiger partial charge in [0.15, 0.2) is 0 Å². The SMILES string of the molecule is CC(N(C)C(=O)N(CC(=O)O)C(C)(C)C)C(C)(C)C. The summed E-state index contributed by atoms with van der Waals surface area (Å²) in [5.41, 5.74) is -0.585. The fraction of sp³-hybridized carbons (Fsp3) is 0.857. The molecular formula is C14H28N2O3. The lowest BCUT2D eigenvalue weighted by atomic mass is 9.87. The molecule has 112 valence electrons. The van der Waals surface area contributed by atoms with Crippen LogP contribution in [0.3, 0.4) is 0 Å². The molecule has 0 aromatic rings. The molecule has 0 bridgehead atoms. The molecule has 0 saturated heterocycles. The van der Waals surface area contributed by atoms with Crippen LogP contribution in [-0.2, 0) is 4.79 Å². The normalized spacial score (nSPS) is 13.9. The van der Waals surface area contributed by atoms with E-state index in [0.29, 0.717) is 0 Å². The zero-order valence-corrected chi connectivity index (χ0v) is 13.4. The minimum Gasteiger partial charge on any atom is -0.480 e. The summed E-state index contributed by atoms with van der Waals surface area (Å²) in [6.45, 7) is 13.4. The van der Waals surface area contributed by atoms with E-state index in [0.717, 1.165) is 0 Å². The predicted octanol–water partition coefficient (Wildman–Crippen LogP) is 2.66. The van der Waals surface area contributed by atoms with Gasteiger partial charge in [0.05, 0.1) is 0 Å². The van der Waals surface area contributed by atoms with E-state index >= 15 is 0 Å². The lowest BCUT2D eigenvalue weighted by Gasteiger charge is -2.42. The molecule has 0 heterocycles. The van der Waals surface area contributed by atoms with Crippen molar-refractivity contribution in [2.24, 2.45) is 5.41 Å². The van der Waals surface area contributed by atoms with Crippen molar-refractivity contribution in [3.63, 3.8) is 0 Å². The molecule has 0 aliphatic heterocycles. The second kappa shape index (κ2) is 5.80. The highest BCUT2D eigenvalue weighted by Crippen LogP contribution is 2.25. The molecule has 0 aliphatic rings. The molecule has 1 unspecified atom stereocenters. The van der Waals surface area contributed by atoms with Gasteiger partial charge >= 0.3 is 12.0 Å². The molecule has 19 heavy (non-hydrogen) atoms. The molecule has 0 aromatic heterocycles. The first kappa shape index (κ1) is 17.7. The fourth-order valence-corrected chi connectivity index (χ4v) is 1.66. The summed E-state index contributed by atoms with van der Waals surface area (Å²) < 4.78 is 0. The van der Waals surface area contributed by atoms with E-state index in [1.807, 2.05) is 27.7 Å². The number of hydrogen-bond acceptors (Lipinski definition) is 2. The number of nitrogens with zero attached hydrogens (tertiary/aromatic N) is 2. The molecule has 0 radical (unpaired) electrons. The molecule has 0 fully saturated rings. The number of rotatable bonds is 3. The van der Waals surface area contributed by atoms with Crippen LogP contribution in [-0.4, -0.2) is 52.1 Å². The Hall–Kier alpha value is -1.26. The molecule has 0 aromatic carbocycles. The number of carbonyl (C=O) groups excluding carboxylic acids is 1. The monoisotopic (exact) mass is 272 g/mol. The van der Waals surface area contributed by atoms with E-state index in [4.69, 9.17) is 5.11 Å². The summed E-state index contributed by atoms with van der Waals surface area (Å²) in [6, 6.07) is -0.240. The van der Waals surface area contributed by atoms with Crippen molar-refractivity contribution in [3.05, 3.63) is 0 Å². The highest BCUT2D eigenvalue weighted by molar-refractivity contribution is 5.81. The fourth-order valence-electron chi connectivity index (χ4n) is 1.66. The summed E-state index contributed by atoms with van der Waals surface area (Å²) in [6.07, 6.45) is 0. The molecule has 0 aliphatic carbocycles. The quantitative estimate of drug-likeness (QED) is 0.859. The van der Waals surface area contributed by atoms with Crippen LogP contribution in [0.5, 0.6) is 0 Å². The predicted molar refractivity (Wildman–Crippen MR) is 76.2 cm³/mol. The van der Waals surface area contributed by atoms with Crippen molar-refractivity contribution < 1.29 is 14.7 Å². The largest absolute Gasteiger partial charge is 0.480 e. The number of carboxylic acids is 1. The summed E-state index contributed by atoms with van der Waals surface area (Å²) in [5.74, 6) is -1.000. The summed E-state index contributed by atoms with van der Waals surface area (Å²) >= 11 is 0. The number of amides is 2. The highest BCUT2D eigenvalue weighted by atomic mass is 16.4. The third kappa shape index (κ3) is 5.09. The molecule has 1 atom stereocenters. The molecule has 0 rings (SSSR count). The van der Waals surface area contributed by atoms with Crippen molar-refractivity contribution in [2.45, 2.75) is 60.0 Å². The molecule has 0 spiro atoms. The van der Waals surface area contributed by atoms with Gasteiger partial charge in [0.2, 0.25) is 0 Å². The second-order valence-electron chi connectivity index (χ2n) is 7.09. The van der Waals surface area contributed by atoms with Gasteiger partial charge < -0.3 is 14.9 Å². The van der Waals surface area contributed by atoms with Gasteiger partial charge in [0.1, 0.15) is 6.54 Å².